The molecule has 2 rings (SSSR count). The Kier molecular flexibility index (Phi) is 4.43. The SMILES string of the molecule is CCNC(=O)C(C)N(Cc1ccc(N)cc1)C1CC1. The van der Waals surface area contributed by atoms with Gasteiger partial charge in [0.25, 0.3) is 0 Å². The van der Waals surface area contributed by atoms with E-state index in [2.05, 4.69) is 10.2 Å². The van der Waals surface area contributed by atoms with Crippen LogP contribution < -0.4 is 11.1 Å². The molecule has 19 heavy (non-hydrogen) atoms. The molecule has 1 aromatic rings. The van der Waals surface area contributed by atoms with Crippen molar-refractivity contribution in [2.45, 2.75) is 45.3 Å². The van der Waals surface area contributed by atoms with Gasteiger partial charge in [0.15, 0.2) is 0 Å². The number of nitrogen functional groups attached to an aromatic ring is 1. The number of benzene rings is 1. The minimum absolute atomic E-state index is 0.0787. The Morgan fingerprint density at radius 1 is 1.42 bits per heavy atom. The Morgan fingerprint density at radius 3 is 2.58 bits per heavy atom. The lowest BCUT2D eigenvalue weighted by Gasteiger charge is -2.28. The van der Waals surface area contributed by atoms with Gasteiger partial charge >= 0.3 is 0 Å². The number of nitrogens with two attached hydrogens (primary N) is 1. The molecule has 0 spiro atoms. The van der Waals surface area contributed by atoms with Crippen molar-refractivity contribution in [2.75, 3.05) is 12.3 Å². The molecule has 0 heterocycles. The largest absolute Gasteiger partial charge is 0.399 e. The zero-order chi connectivity index (χ0) is 13.8. The summed E-state index contributed by atoms with van der Waals surface area (Å²) in [6, 6.07) is 8.37. The lowest BCUT2D eigenvalue weighted by Crippen LogP contribution is -2.45. The summed E-state index contributed by atoms with van der Waals surface area (Å²) < 4.78 is 0. The first-order valence-electron chi connectivity index (χ1n) is 6.99. The fraction of sp³-hybridized carbons (Fsp3) is 0.533. The van der Waals surface area contributed by atoms with E-state index in [9.17, 15) is 4.79 Å². The Bertz CT molecular complexity index is 426. The smallest absolute Gasteiger partial charge is 0.237 e. The van der Waals surface area contributed by atoms with Crippen LogP contribution in [0.2, 0.25) is 0 Å². The molecule has 1 fully saturated rings. The predicted molar refractivity (Wildman–Crippen MR) is 77.6 cm³/mol. The Hall–Kier alpha value is -1.55. The number of hydrogen-bond acceptors (Lipinski definition) is 3. The molecule has 0 radical (unpaired) electrons. The number of nitrogens with one attached hydrogen (secondary N) is 1. The van der Waals surface area contributed by atoms with Crippen LogP contribution in [0.4, 0.5) is 5.69 Å². The number of likely N-dealkylation sites (N-methyl/N-ethyl adjacent to an activating group) is 1. The van der Waals surface area contributed by atoms with Gasteiger partial charge in [-0.2, -0.15) is 0 Å². The highest BCUT2D eigenvalue weighted by Crippen LogP contribution is 2.30. The molecule has 0 saturated heterocycles. The highest BCUT2D eigenvalue weighted by molar-refractivity contribution is 5.81. The van der Waals surface area contributed by atoms with Crippen LogP contribution in [0.5, 0.6) is 0 Å². The molecule has 0 aromatic heterocycles. The van der Waals surface area contributed by atoms with Crippen molar-refractivity contribution in [3.8, 4) is 0 Å². The molecule has 104 valence electrons. The summed E-state index contributed by atoms with van der Waals surface area (Å²) in [5, 5.41) is 2.90. The van der Waals surface area contributed by atoms with E-state index < -0.39 is 0 Å². The first-order valence-corrected chi connectivity index (χ1v) is 6.99. The standard InChI is InChI=1S/C15H23N3O/c1-3-17-15(19)11(2)18(14-8-9-14)10-12-4-6-13(16)7-5-12/h4-7,11,14H,3,8-10,16H2,1-2H3,(H,17,19). The zero-order valence-corrected chi connectivity index (χ0v) is 11.7. The summed E-state index contributed by atoms with van der Waals surface area (Å²) in [5.74, 6) is 0.116. The zero-order valence-electron chi connectivity index (χ0n) is 11.7. The van der Waals surface area contributed by atoms with Crippen molar-refractivity contribution in [3.05, 3.63) is 29.8 Å². The average Bonchev–Trinajstić information content (AvgIpc) is 3.22. The summed E-state index contributed by atoms with van der Waals surface area (Å²) in [7, 11) is 0. The number of carbonyl (C=O) groups is 1. The number of hydrogen-bond donors (Lipinski definition) is 2. The van der Waals surface area contributed by atoms with Crippen molar-refractivity contribution in [1.29, 1.82) is 0 Å². The lowest BCUT2D eigenvalue weighted by atomic mass is 10.1. The number of amides is 1. The van der Waals surface area contributed by atoms with Crippen LogP contribution in [0.15, 0.2) is 24.3 Å². The maximum absolute atomic E-state index is 12.0. The van der Waals surface area contributed by atoms with Gasteiger partial charge in [0.2, 0.25) is 5.91 Å². The first kappa shape index (κ1) is 13.9. The third-order valence-corrected chi connectivity index (χ3v) is 3.59. The molecule has 1 amide bonds. The molecule has 1 unspecified atom stereocenters. The van der Waals surface area contributed by atoms with E-state index in [1.165, 1.54) is 18.4 Å². The third-order valence-electron chi connectivity index (χ3n) is 3.59. The predicted octanol–water partition coefficient (Wildman–Crippen LogP) is 1.76. The van der Waals surface area contributed by atoms with E-state index in [4.69, 9.17) is 5.73 Å². The second-order valence-electron chi connectivity index (χ2n) is 5.22. The Balaban J connectivity index is 2.03. The maximum atomic E-state index is 12.0. The number of nitrogens with zero attached hydrogens (tertiary/aromatic N) is 1. The van der Waals surface area contributed by atoms with E-state index in [1.807, 2.05) is 38.1 Å². The highest BCUT2D eigenvalue weighted by atomic mass is 16.2. The molecule has 1 aromatic carbocycles. The van der Waals surface area contributed by atoms with Crippen LogP contribution in [0.3, 0.4) is 0 Å². The van der Waals surface area contributed by atoms with Crippen molar-refractivity contribution in [1.82, 2.24) is 10.2 Å². The van der Waals surface area contributed by atoms with Gasteiger partial charge in [-0.1, -0.05) is 12.1 Å². The van der Waals surface area contributed by atoms with E-state index in [1.54, 1.807) is 0 Å². The molecule has 0 bridgehead atoms. The van der Waals surface area contributed by atoms with Crippen LogP contribution in [-0.4, -0.2) is 29.4 Å². The van der Waals surface area contributed by atoms with Gasteiger partial charge in [0.05, 0.1) is 6.04 Å². The molecular weight excluding hydrogens is 238 g/mol. The number of rotatable bonds is 6. The number of carbonyl (C=O) groups excluding carboxylic acids is 1. The van der Waals surface area contributed by atoms with Crippen LogP contribution in [-0.2, 0) is 11.3 Å². The second kappa shape index (κ2) is 6.06. The van der Waals surface area contributed by atoms with Gasteiger partial charge in [0.1, 0.15) is 0 Å². The van der Waals surface area contributed by atoms with Crippen molar-refractivity contribution < 1.29 is 4.79 Å². The Labute approximate surface area is 115 Å². The van der Waals surface area contributed by atoms with Crippen LogP contribution in [0.1, 0.15) is 32.3 Å². The van der Waals surface area contributed by atoms with Gasteiger partial charge < -0.3 is 11.1 Å². The van der Waals surface area contributed by atoms with Gasteiger partial charge in [-0.25, -0.2) is 0 Å². The second-order valence-corrected chi connectivity index (χ2v) is 5.22. The van der Waals surface area contributed by atoms with Gasteiger partial charge in [-0.15, -0.1) is 0 Å². The fourth-order valence-electron chi connectivity index (χ4n) is 2.29. The first-order chi connectivity index (χ1) is 9.11. The van der Waals surface area contributed by atoms with Crippen LogP contribution >= 0.6 is 0 Å². The van der Waals surface area contributed by atoms with E-state index in [0.717, 1.165) is 12.2 Å². The van der Waals surface area contributed by atoms with Gasteiger partial charge in [-0.3, -0.25) is 9.69 Å². The Morgan fingerprint density at radius 2 is 2.05 bits per heavy atom. The van der Waals surface area contributed by atoms with Gasteiger partial charge in [-0.05, 0) is 44.4 Å². The molecule has 1 saturated carbocycles. The molecule has 1 aliphatic carbocycles. The minimum Gasteiger partial charge on any atom is -0.399 e. The van der Waals surface area contributed by atoms with Gasteiger partial charge in [0, 0.05) is 24.8 Å². The maximum Gasteiger partial charge on any atom is 0.237 e. The van der Waals surface area contributed by atoms with Crippen molar-refractivity contribution in [3.63, 3.8) is 0 Å². The summed E-state index contributed by atoms with van der Waals surface area (Å²) in [6.07, 6.45) is 2.39. The summed E-state index contributed by atoms with van der Waals surface area (Å²) in [4.78, 5) is 14.3. The molecule has 4 heteroatoms. The molecular formula is C15H23N3O. The molecule has 1 atom stereocenters. The van der Waals surface area contributed by atoms with Crippen LogP contribution in [0, 0.1) is 0 Å². The van der Waals surface area contributed by atoms with Crippen molar-refractivity contribution in [2.24, 2.45) is 0 Å². The topological polar surface area (TPSA) is 58.4 Å². The minimum atomic E-state index is -0.0787. The fourth-order valence-corrected chi connectivity index (χ4v) is 2.29. The molecule has 1 aliphatic rings. The third kappa shape index (κ3) is 3.70. The normalized spacial score (nSPS) is 16.4. The molecule has 0 aliphatic heterocycles. The monoisotopic (exact) mass is 261 g/mol. The summed E-state index contributed by atoms with van der Waals surface area (Å²) in [6.45, 7) is 5.43. The van der Waals surface area contributed by atoms with E-state index in [0.29, 0.717) is 12.6 Å². The quantitative estimate of drug-likeness (QED) is 0.767. The summed E-state index contributed by atoms with van der Waals surface area (Å²) in [5.41, 5.74) is 7.68. The lowest BCUT2D eigenvalue weighted by molar-refractivity contribution is -0.126. The average molecular weight is 261 g/mol. The van der Waals surface area contributed by atoms with Crippen molar-refractivity contribution >= 4 is 11.6 Å². The molecule has 4 nitrogen and oxygen atoms in total. The van der Waals surface area contributed by atoms with E-state index >= 15 is 0 Å². The molecule has 3 N–H and O–H groups in total. The van der Waals surface area contributed by atoms with Crippen LogP contribution in [0.25, 0.3) is 0 Å². The number of anilines is 1. The summed E-state index contributed by atoms with van der Waals surface area (Å²) >= 11 is 0. The highest BCUT2D eigenvalue weighted by Gasteiger charge is 2.34. The van der Waals surface area contributed by atoms with E-state index in [-0.39, 0.29) is 11.9 Å².